The molecule has 174 valence electrons. The molecule has 1 amide bonds. The van der Waals surface area contributed by atoms with Crippen molar-refractivity contribution < 1.29 is 14.6 Å². The lowest BCUT2D eigenvalue weighted by Crippen LogP contribution is -2.23. The van der Waals surface area contributed by atoms with E-state index in [1.54, 1.807) is 24.5 Å². The number of amides is 1. The summed E-state index contributed by atoms with van der Waals surface area (Å²) < 4.78 is 5.41. The number of hydrogen-bond acceptors (Lipinski definition) is 5. The van der Waals surface area contributed by atoms with E-state index in [1.165, 1.54) is 4.88 Å². The van der Waals surface area contributed by atoms with Crippen LogP contribution in [0.1, 0.15) is 45.2 Å². The summed E-state index contributed by atoms with van der Waals surface area (Å²) in [5, 5.41) is 18.3. The molecule has 1 atom stereocenters. The molecule has 3 aromatic carbocycles. The molecule has 34 heavy (non-hydrogen) atoms. The Bertz CT molecular complexity index is 1330. The van der Waals surface area contributed by atoms with Gasteiger partial charge in [0, 0.05) is 23.0 Å². The number of ether oxygens (including phenoxy) is 1. The lowest BCUT2D eigenvalue weighted by atomic mass is 9.98. The molecule has 2 heterocycles. The molecule has 1 fully saturated rings. The van der Waals surface area contributed by atoms with Gasteiger partial charge in [-0.15, -0.1) is 11.3 Å². The number of phenolic OH excluding ortho intramolecular Hbond substituents is 1. The number of methoxy groups -OCH3 is 1. The fourth-order valence-corrected chi connectivity index (χ4v) is 5.77. The maximum Gasteiger partial charge on any atom is 0.259 e. The number of carbonyl (C=O) groups excluding carboxylic acids is 1. The summed E-state index contributed by atoms with van der Waals surface area (Å²) in [6, 6.07) is 20.0. The predicted octanol–water partition coefficient (Wildman–Crippen LogP) is 6.51. The fourth-order valence-electron chi connectivity index (χ4n) is 4.88. The minimum atomic E-state index is -0.357. The van der Waals surface area contributed by atoms with Crippen molar-refractivity contribution in [2.45, 2.75) is 32.4 Å². The Labute approximate surface area is 203 Å². The second kappa shape index (κ2) is 9.49. The molecule has 0 unspecified atom stereocenters. The molecular formula is C28H28N2O3S. The fraction of sp³-hybridized carbons (Fsp3) is 0.250. The number of aromatic hydroxyl groups is 1. The average molecular weight is 473 g/mol. The average Bonchev–Trinajstić information content (AvgIpc) is 3.52. The molecule has 0 radical (unpaired) electrons. The highest BCUT2D eigenvalue weighted by Crippen LogP contribution is 2.39. The predicted molar refractivity (Wildman–Crippen MR) is 138 cm³/mol. The summed E-state index contributed by atoms with van der Waals surface area (Å²) in [7, 11) is 1.58. The van der Waals surface area contributed by atoms with Gasteiger partial charge in [0.15, 0.2) is 0 Å². The van der Waals surface area contributed by atoms with Crippen LogP contribution in [0, 0.1) is 6.92 Å². The topological polar surface area (TPSA) is 61.8 Å². The van der Waals surface area contributed by atoms with Crippen molar-refractivity contribution in [3.8, 4) is 11.5 Å². The highest BCUT2D eigenvalue weighted by atomic mass is 32.1. The number of carbonyl (C=O) groups is 1. The van der Waals surface area contributed by atoms with Crippen LogP contribution >= 0.6 is 11.3 Å². The molecule has 6 heteroatoms. The molecule has 1 saturated heterocycles. The van der Waals surface area contributed by atoms with Gasteiger partial charge in [0.1, 0.15) is 11.5 Å². The molecule has 1 aliphatic heterocycles. The van der Waals surface area contributed by atoms with Gasteiger partial charge in [-0.25, -0.2) is 0 Å². The van der Waals surface area contributed by atoms with E-state index in [0.717, 1.165) is 41.3 Å². The first-order chi connectivity index (χ1) is 16.5. The third-order valence-electron chi connectivity index (χ3n) is 6.57. The maximum absolute atomic E-state index is 13.4. The molecule has 0 spiro atoms. The lowest BCUT2D eigenvalue weighted by molar-refractivity contribution is 0.102. The molecule has 4 aromatic rings. The number of phenols is 1. The van der Waals surface area contributed by atoms with E-state index in [0.29, 0.717) is 24.0 Å². The van der Waals surface area contributed by atoms with E-state index in [2.05, 4.69) is 27.7 Å². The van der Waals surface area contributed by atoms with Gasteiger partial charge in [-0.05, 0) is 72.3 Å². The number of nitrogens with zero attached hydrogens (tertiary/aromatic N) is 1. The molecule has 1 aromatic heterocycles. The monoisotopic (exact) mass is 472 g/mol. The number of likely N-dealkylation sites (tertiary alicyclic amines) is 1. The van der Waals surface area contributed by atoms with Gasteiger partial charge < -0.3 is 15.2 Å². The van der Waals surface area contributed by atoms with E-state index in [4.69, 9.17) is 4.74 Å². The van der Waals surface area contributed by atoms with Gasteiger partial charge in [0.25, 0.3) is 5.91 Å². The zero-order valence-electron chi connectivity index (χ0n) is 19.4. The van der Waals surface area contributed by atoms with Crippen molar-refractivity contribution in [2.75, 3.05) is 19.0 Å². The second-order valence-corrected chi connectivity index (χ2v) is 9.75. The van der Waals surface area contributed by atoms with Crippen LogP contribution in [-0.2, 0) is 6.54 Å². The van der Waals surface area contributed by atoms with Crippen molar-refractivity contribution in [3.63, 3.8) is 0 Å². The smallest absolute Gasteiger partial charge is 0.259 e. The lowest BCUT2D eigenvalue weighted by Gasteiger charge is -2.25. The van der Waals surface area contributed by atoms with Gasteiger partial charge in [0.2, 0.25) is 0 Å². The Morgan fingerprint density at radius 1 is 1.18 bits per heavy atom. The molecule has 0 aliphatic carbocycles. The Morgan fingerprint density at radius 2 is 2.03 bits per heavy atom. The number of hydrogen-bond donors (Lipinski definition) is 2. The second-order valence-electron chi connectivity index (χ2n) is 8.77. The molecule has 5 nitrogen and oxygen atoms in total. The van der Waals surface area contributed by atoms with Crippen LogP contribution in [0.5, 0.6) is 11.5 Å². The van der Waals surface area contributed by atoms with Crippen molar-refractivity contribution in [1.29, 1.82) is 0 Å². The van der Waals surface area contributed by atoms with Crippen LogP contribution in [-0.4, -0.2) is 29.6 Å². The standard InChI is InChI=1S/C28H28N2O3S/c1-18-11-12-25(33-2)23(15-18)29-28(32)21-16-19-7-3-4-8-20(19)22(27(21)31)17-30-13-5-9-24(30)26-10-6-14-34-26/h3-4,6-8,10-12,14-16,24,31H,5,9,13,17H2,1-2H3,(H,29,32)/t24-/m0/s1. The first kappa shape index (κ1) is 22.4. The molecular weight excluding hydrogens is 444 g/mol. The Balaban J connectivity index is 1.52. The normalized spacial score (nSPS) is 16.1. The third-order valence-corrected chi connectivity index (χ3v) is 7.54. The Hall–Kier alpha value is -3.35. The number of anilines is 1. The zero-order chi connectivity index (χ0) is 23.7. The molecule has 0 saturated carbocycles. The molecule has 5 rings (SSSR count). The number of nitrogens with one attached hydrogen (secondary N) is 1. The van der Waals surface area contributed by atoms with Crippen molar-refractivity contribution >= 4 is 33.7 Å². The highest BCUT2D eigenvalue weighted by Gasteiger charge is 2.29. The van der Waals surface area contributed by atoms with Gasteiger partial charge in [0.05, 0.1) is 18.4 Å². The van der Waals surface area contributed by atoms with E-state index in [1.807, 2.05) is 49.4 Å². The van der Waals surface area contributed by atoms with Crippen LogP contribution in [0.3, 0.4) is 0 Å². The van der Waals surface area contributed by atoms with Gasteiger partial charge >= 0.3 is 0 Å². The summed E-state index contributed by atoms with van der Waals surface area (Å²) in [5.41, 5.74) is 2.65. The number of rotatable bonds is 6. The van der Waals surface area contributed by atoms with Crippen LogP contribution in [0.4, 0.5) is 5.69 Å². The van der Waals surface area contributed by atoms with Crippen molar-refractivity contribution in [3.05, 3.63) is 87.6 Å². The first-order valence-corrected chi connectivity index (χ1v) is 12.4. The van der Waals surface area contributed by atoms with Crippen LogP contribution in [0.2, 0.25) is 0 Å². The maximum atomic E-state index is 13.4. The van der Waals surface area contributed by atoms with Gasteiger partial charge in [-0.3, -0.25) is 9.69 Å². The number of benzene rings is 3. The van der Waals surface area contributed by atoms with E-state index in [9.17, 15) is 9.90 Å². The number of thiophene rings is 1. The quantitative estimate of drug-likeness (QED) is 0.336. The zero-order valence-corrected chi connectivity index (χ0v) is 20.2. The summed E-state index contributed by atoms with van der Waals surface area (Å²) in [4.78, 5) is 17.1. The number of fused-ring (bicyclic) bond motifs is 1. The first-order valence-electron chi connectivity index (χ1n) is 11.5. The molecule has 2 N–H and O–H groups in total. The summed E-state index contributed by atoms with van der Waals surface area (Å²) in [5.74, 6) is 0.264. The summed E-state index contributed by atoms with van der Waals surface area (Å²) >= 11 is 1.78. The summed E-state index contributed by atoms with van der Waals surface area (Å²) in [6.07, 6.45) is 2.22. The van der Waals surface area contributed by atoms with Crippen molar-refractivity contribution in [1.82, 2.24) is 4.90 Å². The van der Waals surface area contributed by atoms with Crippen LogP contribution < -0.4 is 10.1 Å². The van der Waals surface area contributed by atoms with E-state index in [-0.39, 0.29) is 17.2 Å². The minimum Gasteiger partial charge on any atom is -0.507 e. The molecule has 0 bridgehead atoms. The van der Waals surface area contributed by atoms with Crippen LogP contribution in [0.15, 0.2) is 66.0 Å². The van der Waals surface area contributed by atoms with Crippen LogP contribution in [0.25, 0.3) is 10.8 Å². The minimum absolute atomic E-state index is 0.0413. The van der Waals surface area contributed by atoms with Gasteiger partial charge in [-0.1, -0.05) is 36.4 Å². The number of aryl methyl sites for hydroxylation is 1. The molecule has 1 aliphatic rings. The third kappa shape index (κ3) is 4.27. The Morgan fingerprint density at radius 3 is 2.82 bits per heavy atom. The van der Waals surface area contributed by atoms with E-state index < -0.39 is 0 Å². The van der Waals surface area contributed by atoms with Gasteiger partial charge in [-0.2, -0.15) is 0 Å². The largest absolute Gasteiger partial charge is 0.507 e. The SMILES string of the molecule is COc1ccc(C)cc1NC(=O)c1cc2ccccc2c(CN2CCC[C@H]2c2cccs2)c1O. The van der Waals surface area contributed by atoms with E-state index >= 15 is 0 Å². The summed E-state index contributed by atoms with van der Waals surface area (Å²) in [6.45, 7) is 3.51. The van der Waals surface area contributed by atoms with Crippen molar-refractivity contribution in [2.24, 2.45) is 0 Å². The highest BCUT2D eigenvalue weighted by molar-refractivity contribution is 7.10. The Kier molecular flexibility index (Phi) is 6.26.